The van der Waals surface area contributed by atoms with Gasteiger partial charge >= 0.3 is 0 Å². The third-order valence-electron chi connectivity index (χ3n) is 5.46. The molecule has 30 heavy (non-hydrogen) atoms. The summed E-state index contributed by atoms with van der Waals surface area (Å²) in [5.74, 6) is -0.152. The van der Waals surface area contributed by atoms with E-state index < -0.39 is 0 Å². The van der Waals surface area contributed by atoms with Gasteiger partial charge in [-0.1, -0.05) is 6.07 Å². The molecule has 0 unspecified atom stereocenters. The van der Waals surface area contributed by atoms with Crippen LogP contribution < -0.4 is 10.9 Å². The second kappa shape index (κ2) is 7.35. The molecule has 1 saturated heterocycles. The van der Waals surface area contributed by atoms with Crippen LogP contribution in [0.5, 0.6) is 0 Å². The summed E-state index contributed by atoms with van der Waals surface area (Å²) >= 11 is 0. The van der Waals surface area contributed by atoms with Crippen LogP contribution in [-0.4, -0.2) is 39.7 Å². The molecular formula is C23H20N4O3. The second-order valence-electron chi connectivity index (χ2n) is 7.48. The zero-order chi connectivity index (χ0) is 20.7. The highest BCUT2D eigenvalue weighted by Crippen LogP contribution is 2.23. The predicted octanol–water partition coefficient (Wildman–Crippen LogP) is 2.67. The van der Waals surface area contributed by atoms with Crippen molar-refractivity contribution in [3.8, 4) is 11.3 Å². The molecule has 1 fully saturated rings. The number of fused-ring (bicyclic) bond motifs is 2. The molecule has 1 atom stereocenters. The zero-order valence-electron chi connectivity index (χ0n) is 16.5. The van der Waals surface area contributed by atoms with Crippen LogP contribution in [0, 0.1) is 0 Å². The Labute approximate surface area is 172 Å². The van der Waals surface area contributed by atoms with Crippen molar-refractivity contribution in [3.05, 3.63) is 70.8 Å². The Kier molecular flexibility index (Phi) is 4.52. The van der Waals surface area contributed by atoms with Crippen LogP contribution in [-0.2, 0) is 11.8 Å². The highest BCUT2D eigenvalue weighted by molar-refractivity contribution is 5.97. The normalized spacial score (nSPS) is 15.8. The van der Waals surface area contributed by atoms with E-state index in [2.05, 4.69) is 10.3 Å². The number of nitrogens with zero attached hydrogens (tertiary/aromatic N) is 3. The van der Waals surface area contributed by atoms with Crippen LogP contribution in [0.2, 0.25) is 0 Å². The summed E-state index contributed by atoms with van der Waals surface area (Å²) in [5, 5.41) is 4.41. The lowest BCUT2D eigenvalue weighted by Gasteiger charge is -2.26. The molecule has 150 valence electrons. The third-order valence-corrected chi connectivity index (χ3v) is 5.46. The predicted molar refractivity (Wildman–Crippen MR) is 114 cm³/mol. The summed E-state index contributed by atoms with van der Waals surface area (Å²) in [4.78, 5) is 33.9. The molecule has 5 rings (SSSR count). The molecule has 1 aliphatic rings. The van der Waals surface area contributed by atoms with E-state index in [1.54, 1.807) is 42.2 Å². The van der Waals surface area contributed by atoms with Gasteiger partial charge < -0.3 is 14.6 Å². The smallest absolute Gasteiger partial charge is 0.258 e. The molecule has 7 nitrogen and oxygen atoms in total. The fraction of sp³-hybridized carbons (Fsp3) is 0.217. The summed E-state index contributed by atoms with van der Waals surface area (Å²) < 4.78 is 6.90. The van der Waals surface area contributed by atoms with Gasteiger partial charge in [0.05, 0.1) is 29.0 Å². The Hall–Kier alpha value is -3.58. The standard InChI is InChI=1S/C23H20N4O3/c1-27-8-6-14-10-15(2-4-18(14)23(27)29)21-13-24-19-5-3-16(11-20(19)26-21)22(28)25-12-17-7-9-30-17/h2-6,8,10-11,13,17H,7,9,12H2,1H3,(H,25,28)/t17-/m0/s1. The van der Waals surface area contributed by atoms with Crippen LogP contribution in [0.25, 0.3) is 33.1 Å². The molecular weight excluding hydrogens is 380 g/mol. The lowest BCUT2D eigenvalue weighted by Crippen LogP contribution is -2.39. The Bertz CT molecular complexity index is 1340. The van der Waals surface area contributed by atoms with Gasteiger partial charge in [-0.25, -0.2) is 4.98 Å². The van der Waals surface area contributed by atoms with Crippen LogP contribution in [0.1, 0.15) is 16.8 Å². The van der Waals surface area contributed by atoms with Gasteiger partial charge in [0.1, 0.15) is 0 Å². The molecule has 0 spiro atoms. The summed E-state index contributed by atoms with van der Waals surface area (Å²) in [6.07, 6.45) is 4.55. The van der Waals surface area contributed by atoms with Gasteiger partial charge in [-0.05, 0) is 48.2 Å². The number of pyridine rings is 1. The van der Waals surface area contributed by atoms with E-state index in [9.17, 15) is 9.59 Å². The van der Waals surface area contributed by atoms with Crippen LogP contribution in [0.3, 0.4) is 0 Å². The number of benzene rings is 2. The summed E-state index contributed by atoms with van der Waals surface area (Å²) in [6, 6.07) is 12.8. The molecule has 1 amide bonds. The molecule has 0 radical (unpaired) electrons. The zero-order valence-corrected chi connectivity index (χ0v) is 16.5. The molecule has 1 N–H and O–H groups in total. The minimum Gasteiger partial charge on any atom is -0.376 e. The maximum absolute atomic E-state index is 12.4. The number of hydrogen-bond donors (Lipinski definition) is 1. The van der Waals surface area contributed by atoms with Crippen molar-refractivity contribution in [3.63, 3.8) is 0 Å². The van der Waals surface area contributed by atoms with E-state index in [1.807, 2.05) is 24.3 Å². The Morgan fingerprint density at radius 3 is 2.87 bits per heavy atom. The quantitative estimate of drug-likeness (QED) is 0.569. The number of carbonyl (C=O) groups is 1. The van der Waals surface area contributed by atoms with Crippen molar-refractivity contribution in [1.29, 1.82) is 0 Å². The minimum atomic E-state index is -0.152. The molecule has 0 aliphatic carbocycles. The molecule has 4 aromatic rings. The SMILES string of the molecule is Cn1ccc2cc(-c3cnc4ccc(C(=O)NC[C@@H]5CCO5)cc4n3)ccc2c1=O. The first-order valence-electron chi connectivity index (χ1n) is 9.85. The average Bonchev–Trinajstić information content (AvgIpc) is 2.74. The van der Waals surface area contributed by atoms with Crippen LogP contribution >= 0.6 is 0 Å². The van der Waals surface area contributed by atoms with Crippen molar-refractivity contribution in [1.82, 2.24) is 19.9 Å². The van der Waals surface area contributed by atoms with Crippen molar-refractivity contribution in [2.24, 2.45) is 7.05 Å². The number of aryl methyl sites for hydroxylation is 1. The molecule has 0 bridgehead atoms. The second-order valence-corrected chi connectivity index (χ2v) is 7.48. The van der Waals surface area contributed by atoms with Gasteiger partial charge in [0.2, 0.25) is 0 Å². The number of amides is 1. The molecule has 1 aliphatic heterocycles. The van der Waals surface area contributed by atoms with E-state index in [1.165, 1.54) is 0 Å². The van der Waals surface area contributed by atoms with Gasteiger partial charge in [-0.15, -0.1) is 0 Å². The van der Waals surface area contributed by atoms with Gasteiger partial charge in [0.15, 0.2) is 0 Å². The first kappa shape index (κ1) is 18.4. The number of hydrogen-bond acceptors (Lipinski definition) is 5. The Morgan fingerprint density at radius 1 is 1.20 bits per heavy atom. The fourth-order valence-electron chi connectivity index (χ4n) is 3.55. The lowest BCUT2D eigenvalue weighted by molar-refractivity contribution is -0.0472. The Morgan fingerprint density at radius 2 is 2.07 bits per heavy atom. The van der Waals surface area contributed by atoms with Crippen molar-refractivity contribution in [2.75, 3.05) is 13.2 Å². The maximum atomic E-state index is 12.4. The van der Waals surface area contributed by atoms with Crippen LogP contribution in [0.15, 0.2) is 59.7 Å². The molecule has 2 aromatic heterocycles. The number of rotatable bonds is 4. The van der Waals surface area contributed by atoms with Gasteiger partial charge in [-0.2, -0.15) is 0 Å². The van der Waals surface area contributed by atoms with E-state index in [4.69, 9.17) is 9.72 Å². The van der Waals surface area contributed by atoms with E-state index in [-0.39, 0.29) is 17.6 Å². The van der Waals surface area contributed by atoms with Gasteiger partial charge in [0, 0.05) is 42.9 Å². The maximum Gasteiger partial charge on any atom is 0.258 e. The molecule has 0 saturated carbocycles. The van der Waals surface area contributed by atoms with Crippen LogP contribution in [0.4, 0.5) is 0 Å². The topological polar surface area (TPSA) is 86.1 Å². The minimum absolute atomic E-state index is 0.0356. The highest BCUT2D eigenvalue weighted by atomic mass is 16.5. The Balaban J connectivity index is 1.47. The van der Waals surface area contributed by atoms with Crippen molar-refractivity contribution in [2.45, 2.75) is 12.5 Å². The van der Waals surface area contributed by atoms with Gasteiger partial charge in [0.25, 0.3) is 11.5 Å². The molecule has 3 heterocycles. The number of carbonyl (C=O) groups excluding carboxylic acids is 1. The van der Waals surface area contributed by atoms with E-state index >= 15 is 0 Å². The van der Waals surface area contributed by atoms with Gasteiger partial charge in [-0.3, -0.25) is 14.6 Å². The first-order chi connectivity index (χ1) is 14.6. The number of ether oxygens (including phenoxy) is 1. The largest absolute Gasteiger partial charge is 0.376 e. The molecule has 7 heteroatoms. The summed E-state index contributed by atoms with van der Waals surface area (Å²) in [5.41, 5.74) is 3.41. The summed E-state index contributed by atoms with van der Waals surface area (Å²) in [7, 11) is 1.73. The van der Waals surface area contributed by atoms with Crippen molar-refractivity contribution >= 4 is 27.7 Å². The summed E-state index contributed by atoms with van der Waals surface area (Å²) in [6.45, 7) is 1.28. The van der Waals surface area contributed by atoms with E-state index in [0.717, 1.165) is 24.0 Å². The molecule has 2 aromatic carbocycles. The highest BCUT2D eigenvalue weighted by Gasteiger charge is 2.19. The number of nitrogens with one attached hydrogen (secondary N) is 1. The van der Waals surface area contributed by atoms with E-state index in [0.29, 0.717) is 34.2 Å². The third kappa shape index (κ3) is 3.33. The monoisotopic (exact) mass is 400 g/mol. The average molecular weight is 400 g/mol. The first-order valence-corrected chi connectivity index (χ1v) is 9.85. The van der Waals surface area contributed by atoms with Crippen molar-refractivity contribution < 1.29 is 9.53 Å². The lowest BCUT2D eigenvalue weighted by atomic mass is 10.1. The fourth-order valence-corrected chi connectivity index (χ4v) is 3.55. The number of aromatic nitrogens is 3.